The van der Waals surface area contributed by atoms with Crippen molar-refractivity contribution in [3.63, 3.8) is 0 Å². The summed E-state index contributed by atoms with van der Waals surface area (Å²) in [6, 6.07) is 8.86. The van der Waals surface area contributed by atoms with E-state index in [2.05, 4.69) is 38.1 Å². The lowest BCUT2D eigenvalue weighted by atomic mass is 9.99. The van der Waals surface area contributed by atoms with Crippen LogP contribution in [-0.2, 0) is 12.0 Å². The summed E-state index contributed by atoms with van der Waals surface area (Å²) in [4.78, 5) is 0. The van der Waals surface area contributed by atoms with Gasteiger partial charge in [0, 0.05) is 5.54 Å². The van der Waals surface area contributed by atoms with Gasteiger partial charge in [-0.2, -0.15) is 0 Å². The zero-order valence-electron chi connectivity index (χ0n) is 9.79. The molecule has 1 aliphatic carbocycles. The predicted octanol–water partition coefficient (Wildman–Crippen LogP) is 3.22. The first-order chi connectivity index (χ1) is 7.20. The molecule has 0 aromatic heterocycles. The lowest BCUT2D eigenvalue weighted by molar-refractivity contribution is 0.583. The minimum absolute atomic E-state index is 0.00226. The van der Waals surface area contributed by atoms with Gasteiger partial charge in [0.1, 0.15) is 0 Å². The van der Waals surface area contributed by atoms with Crippen LogP contribution in [0.4, 0.5) is 0 Å². The fraction of sp³-hybridized carbons (Fsp3) is 0.571. The van der Waals surface area contributed by atoms with Crippen LogP contribution in [0.15, 0.2) is 24.3 Å². The van der Waals surface area contributed by atoms with Gasteiger partial charge in [-0.15, -0.1) is 0 Å². The highest BCUT2D eigenvalue weighted by atomic mass is 14.9. The molecule has 0 bridgehead atoms. The summed E-state index contributed by atoms with van der Waals surface area (Å²) in [6.07, 6.45) is 4.80. The number of hydrogen-bond donors (Lipinski definition) is 1. The zero-order chi connectivity index (χ0) is 10.9. The van der Waals surface area contributed by atoms with E-state index in [0.29, 0.717) is 0 Å². The van der Waals surface area contributed by atoms with Gasteiger partial charge in [0.25, 0.3) is 0 Å². The Balaban J connectivity index is 2.10. The Morgan fingerprint density at radius 1 is 1.27 bits per heavy atom. The van der Waals surface area contributed by atoms with Gasteiger partial charge in [-0.25, -0.2) is 0 Å². The second-order valence-corrected chi connectivity index (χ2v) is 4.78. The average Bonchev–Trinajstić information content (AvgIpc) is 2.92. The molecule has 1 saturated carbocycles. The number of nitrogens with two attached hydrogens (primary N) is 1. The largest absolute Gasteiger partial charge is 0.321 e. The Morgan fingerprint density at radius 3 is 2.47 bits per heavy atom. The van der Waals surface area contributed by atoms with Crippen molar-refractivity contribution in [3.05, 3.63) is 35.4 Å². The van der Waals surface area contributed by atoms with Crippen LogP contribution in [0, 0.1) is 5.92 Å². The quantitative estimate of drug-likeness (QED) is 0.799. The first kappa shape index (κ1) is 10.7. The number of aryl methyl sites for hydroxylation is 1. The van der Waals surface area contributed by atoms with Gasteiger partial charge in [-0.3, -0.25) is 0 Å². The third-order valence-corrected chi connectivity index (χ3v) is 3.69. The Bertz CT molecular complexity index is 328. The van der Waals surface area contributed by atoms with Crippen molar-refractivity contribution < 1.29 is 0 Å². The Kier molecular flexibility index (Phi) is 2.83. The second kappa shape index (κ2) is 3.97. The average molecular weight is 203 g/mol. The molecular formula is C14H21N. The van der Waals surface area contributed by atoms with E-state index < -0.39 is 0 Å². The first-order valence-corrected chi connectivity index (χ1v) is 6.09. The van der Waals surface area contributed by atoms with Gasteiger partial charge >= 0.3 is 0 Å². The van der Waals surface area contributed by atoms with E-state index >= 15 is 0 Å². The second-order valence-electron chi connectivity index (χ2n) is 4.78. The number of hydrogen-bond acceptors (Lipinski definition) is 1. The van der Waals surface area contributed by atoms with E-state index in [1.54, 1.807) is 0 Å². The van der Waals surface area contributed by atoms with Crippen LogP contribution >= 0.6 is 0 Å². The normalized spacial score (nSPS) is 29.1. The maximum atomic E-state index is 6.39. The minimum atomic E-state index is 0.00226. The molecule has 0 amide bonds. The Morgan fingerprint density at radius 2 is 1.93 bits per heavy atom. The fourth-order valence-corrected chi connectivity index (χ4v) is 2.46. The van der Waals surface area contributed by atoms with E-state index in [1.807, 2.05) is 0 Å². The molecule has 2 unspecified atom stereocenters. The lowest BCUT2D eigenvalue weighted by Crippen LogP contribution is -2.22. The summed E-state index contributed by atoms with van der Waals surface area (Å²) >= 11 is 0. The molecule has 1 fully saturated rings. The predicted molar refractivity (Wildman–Crippen MR) is 64.7 cm³/mol. The molecule has 1 aromatic carbocycles. The molecule has 2 atom stereocenters. The van der Waals surface area contributed by atoms with Gasteiger partial charge in [-0.1, -0.05) is 44.5 Å². The van der Waals surface area contributed by atoms with Gasteiger partial charge in [0.05, 0.1) is 0 Å². The maximum absolute atomic E-state index is 6.39. The molecule has 0 aliphatic heterocycles. The maximum Gasteiger partial charge on any atom is 0.0442 e. The highest BCUT2D eigenvalue weighted by Crippen LogP contribution is 2.51. The fourth-order valence-electron chi connectivity index (χ4n) is 2.46. The van der Waals surface area contributed by atoms with Crippen LogP contribution in [0.2, 0.25) is 0 Å². The van der Waals surface area contributed by atoms with Crippen molar-refractivity contribution in [2.24, 2.45) is 11.7 Å². The molecule has 1 nitrogen and oxygen atoms in total. The number of benzene rings is 1. The third-order valence-electron chi connectivity index (χ3n) is 3.69. The molecule has 2 rings (SSSR count). The molecule has 15 heavy (non-hydrogen) atoms. The summed E-state index contributed by atoms with van der Waals surface area (Å²) in [6.45, 7) is 4.42. The molecule has 1 heteroatoms. The van der Waals surface area contributed by atoms with Crippen molar-refractivity contribution in [2.75, 3.05) is 0 Å². The molecule has 82 valence electrons. The van der Waals surface area contributed by atoms with Crippen molar-refractivity contribution in [1.29, 1.82) is 0 Å². The van der Waals surface area contributed by atoms with E-state index in [1.165, 1.54) is 30.4 Å². The summed E-state index contributed by atoms with van der Waals surface area (Å²) in [5, 5.41) is 0. The Hall–Kier alpha value is -0.820. The van der Waals surface area contributed by atoms with Crippen LogP contribution in [0.25, 0.3) is 0 Å². The highest BCUT2D eigenvalue weighted by Gasteiger charge is 2.50. The minimum Gasteiger partial charge on any atom is -0.321 e. The van der Waals surface area contributed by atoms with E-state index in [-0.39, 0.29) is 5.54 Å². The molecule has 2 N–H and O–H groups in total. The molecule has 0 saturated heterocycles. The van der Waals surface area contributed by atoms with Crippen LogP contribution in [0.5, 0.6) is 0 Å². The lowest BCUT2D eigenvalue weighted by Gasteiger charge is -2.12. The van der Waals surface area contributed by atoms with Gasteiger partial charge in [0.15, 0.2) is 0 Å². The van der Waals surface area contributed by atoms with Gasteiger partial charge in [-0.05, 0) is 36.3 Å². The van der Waals surface area contributed by atoms with E-state index in [9.17, 15) is 0 Å². The first-order valence-electron chi connectivity index (χ1n) is 6.09. The zero-order valence-corrected chi connectivity index (χ0v) is 9.79. The van der Waals surface area contributed by atoms with E-state index in [0.717, 1.165) is 12.3 Å². The molecule has 0 radical (unpaired) electrons. The van der Waals surface area contributed by atoms with E-state index in [4.69, 9.17) is 5.73 Å². The molecular weight excluding hydrogens is 182 g/mol. The summed E-state index contributed by atoms with van der Waals surface area (Å²) in [5.41, 5.74) is 9.12. The van der Waals surface area contributed by atoms with Gasteiger partial charge < -0.3 is 5.73 Å². The highest BCUT2D eigenvalue weighted by molar-refractivity contribution is 5.34. The van der Waals surface area contributed by atoms with Crippen LogP contribution in [0.1, 0.15) is 44.2 Å². The third kappa shape index (κ3) is 1.93. The smallest absolute Gasteiger partial charge is 0.0442 e. The molecule has 0 spiro atoms. The van der Waals surface area contributed by atoms with Crippen molar-refractivity contribution in [1.82, 2.24) is 0 Å². The summed E-state index contributed by atoms with van der Waals surface area (Å²) in [5.74, 6) is 0.718. The Labute approximate surface area is 92.7 Å². The molecule has 1 aliphatic rings. The number of rotatable bonds is 4. The van der Waals surface area contributed by atoms with Gasteiger partial charge in [0.2, 0.25) is 0 Å². The molecule has 1 aromatic rings. The molecule has 0 heterocycles. The monoisotopic (exact) mass is 203 g/mol. The van der Waals surface area contributed by atoms with Crippen molar-refractivity contribution >= 4 is 0 Å². The van der Waals surface area contributed by atoms with Crippen LogP contribution in [0.3, 0.4) is 0 Å². The summed E-state index contributed by atoms with van der Waals surface area (Å²) < 4.78 is 0. The van der Waals surface area contributed by atoms with Crippen molar-refractivity contribution in [2.45, 2.75) is 45.1 Å². The van der Waals surface area contributed by atoms with Crippen molar-refractivity contribution in [3.8, 4) is 0 Å². The van der Waals surface area contributed by atoms with Crippen LogP contribution < -0.4 is 5.73 Å². The summed E-state index contributed by atoms with van der Waals surface area (Å²) in [7, 11) is 0. The topological polar surface area (TPSA) is 26.0 Å². The van der Waals surface area contributed by atoms with Crippen LogP contribution in [-0.4, -0.2) is 0 Å². The SMILES string of the molecule is CCCC1CC1(N)c1ccc(CC)cc1. The standard InChI is InChI=1S/C14H21N/c1-3-5-13-10-14(13,15)12-8-6-11(4-2)7-9-12/h6-9,13H,3-5,10,15H2,1-2H3.